The van der Waals surface area contributed by atoms with Crippen molar-refractivity contribution < 1.29 is 18.3 Å². The summed E-state index contributed by atoms with van der Waals surface area (Å²) in [5.41, 5.74) is 0. The minimum absolute atomic E-state index is 0.0824. The van der Waals surface area contributed by atoms with Crippen molar-refractivity contribution in [2.24, 2.45) is 0 Å². The number of sulfonamides is 1. The molecule has 1 rings (SSSR count). The predicted molar refractivity (Wildman–Crippen MR) is 62.0 cm³/mol. The maximum absolute atomic E-state index is 11.8. The van der Waals surface area contributed by atoms with Crippen LogP contribution < -0.4 is 4.72 Å². The Labute approximate surface area is 99.1 Å². The van der Waals surface area contributed by atoms with Crippen LogP contribution in [0.25, 0.3) is 0 Å². The molecule has 0 spiro atoms. The van der Waals surface area contributed by atoms with E-state index >= 15 is 0 Å². The first-order valence-corrected chi connectivity index (χ1v) is 7.12. The highest BCUT2D eigenvalue weighted by molar-refractivity contribution is 7.91. The molecule has 0 aliphatic carbocycles. The van der Waals surface area contributed by atoms with Gasteiger partial charge in [0.1, 0.15) is 4.21 Å². The molecule has 1 atom stereocenters. The topological polar surface area (TPSA) is 75.6 Å². The Morgan fingerprint density at radius 3 is 2.88 bits per heavy atom. The van der Waals surface area contributed by atoms with Crippen LogP contribution in [0.2, 0.25) is 0 Å². The summed E-state index contributed by atoms with van der Waals surface area (Å²) in [6, 6.07) is 2.81. The Kier molecular flexibility index (Phi) is 5.36. The highest BCUT2D eigenvalue weighted by Gasteiger charge is 2.20. The van der Waals surface area contributed by atoms with Crippen LogP contribution in [0.4, 0.5) is 0 Å². The van der Waals surface area contributed by atoms with Gasteiger partial charge in [-0.3, -0.25) is 0 Å². The van der Waals surface area contributed by atoms with Gasteiger partial charge in [0.25, 0.3) is 0 Å². The number of nitrogens with one attached hydrogen (secondary N) is 1. The van der Waals surface area contributed by atoms with E-state index in [-0.39, 0.29) is 17.4 Å². The van der Waals surface area contributed by atoms with Gasteiger partial charge in [0.05, 0.1) is 6.61 Å². The van der Waals surface area contributed by atoms with Crippen molar-refractivity contribution in [3.8, 4) is 0 Å². The van der Waals surface area contributed by atoms with Gasteiger partial charge in [-0.25, -0.2) is 13.1 Å². The van der Waals surface area contributed by atoms with E-state index in [1.165, 1.54) is 13.2 Å². The van der Waals surface area contributed by atoms with Gasteiger partial charge >= 0.3 is 0 Å². The number of aliphatic hydroxyl groups excluding tert-OH is 1. The van der Waals surface area contributed by atoms with Crippen LogP contribution in [0.1, 0.15) is 6.42 Å². The van der Waals surface area contributed by atoms with Crippen LogP contribution in [-0.4, -0.2) is 39.9 Å². The van der Waals surface area contributed by atoms with Crippen molar-refractivity contribution in [1.29, 1.82) is 0 Å². The summed E-state index contributed by atoms with van der Waals surface area (Å²) in [6.45, 7) is 0.159. The molecular formula is C9H15NO4S2. The number of thiophene rings is 1. The summed E-state index contributed by atoms with van der Waals surface area (Å²) >= 11 is 1.15. The molecule has 92 valence electrons. The fraction of sp³-hybridized carbons (Fsp3) is 0.556. The summed E-state index contributed by atoms with van der Waals surface area (Å²) in [4.78, 5) is 0. The first-order valence-electron chi connectivity index (χ1n) is 4.76. The smallest absolute Gasteiger partial charge is 0.250 e. The highest BCUT2D eigenvalue weighted by atomic mass is 32.2. The summed E-state index contributed by atoms with van der Waals surface area (Å²) in [7, 11) is -1.99. The maximum atomic E-state index is 11.8. The monoisotopic (exact) mass is 265 g/mol. The Morgan fingerprint density at radius 1 is 1.62 bits per heavy atom. The van der Waals surface area contributed by atoms with Crippen molar-refractivity contribution in [2.75, 3.05) is 20.3 Å². The van der Waals surface area contributed by atoms with Crippen LogP contribution in [0.15, 0.2) is 21.7 Å². The number of rotatable bonds is 7. The fourth-order valence-corrected chi connectivity index (χ4v) is 3.49. The SMILES string of the molecule is COCC(CCO)NS(=O)(=O)c1cccs1. The zero-order chi connectivity index (χ0) is 12.0. The van der Waals surface area contributed by atoms with E-state index in [1.54, 1.807) is 11.4 Å². The minimum Gasteiger partial charge on any atom is -0.396 e. The van der Waals surface area contributed by atoms with Gasteiger partial charge in [-0.15, -0.1) is 11.3 Å². The van der Waals surface area contributed by atoms with E-state index in [9.17, 15) is 8.42 Å². The zero-order valence-corrected chi connectivity index (χ0v) is 10.6. The lowest BCUT2D eigenvalue weighted by Crippen LogP contribution is -2.38. The number of hydrogen-bond donors (Lipinski definition) is 2. The van der Waals surface area contributed by atoms with Gasteiger partial charge in [0.2, 0.25) is 10.0 Å². The highest BCUT2D eigenvalue weighted by Crippen LogP contribution is 2.16. The molecule has 0 aromatic carbocycles. The quantitative estimate of drug-likeness (QED) is 0.749. The van der Waals surface area contributed by atoms with E-state index in [4.69, 9.17) is 9.84 Å². The average molecular weight is 265 g/mol. The third-order valence-corrected chi connectivity index (χ3v) is 4.85. The van der Waals surface area contributed by atoms with Crippen LogP contribution in [0, 0.1) is 0 Å². The molecule has 0 aliphatic rings. The molecule has 1 unspecified atom stereocenters. The molecule has 1 heterocycles. The Bertz CT molecular complexity index is 382. The van der Waals surface area contributed by atoms with Crippen molar-refractivity contribution in [3.05, 3.63) is 17.5 Å². The van der Waals surface area contributed by atoms with Crippen LogP contribution in [-0.2, 0) is 14.8 Å². The van der Waals surface area contributed by atoms with Crippen molar-refractivity contribution in [3.63, 3.8) is 0 Å². The average Bonchev–Trinajstić information content (AvgIpc) is 2.71. The zero-order valence-electron chi connectivity index (χ0n) is 8.92. The van der Waals surface area contributed by atoms with Gasteiger partial charge in [-0.1, -0.05) is 6.07 Å². The largest absolute Gasteiger partial charge is 0.396 e. The molecule has 2 N–H and O–H groups in total. The van der Waals surface area contributed by atoms with E-state index in [2.05, 4.69) is 4.72 Å². The summed E-state index contributed by atoms with van der Waals surface area (Å²) in [5.74, 6) is 0. The Morgan fingerprint density at radius 2 is 2.38 bits per heavy atom. The molecule has 16 heavy (non-hydrogen) atoms. The minimum atomic E-state index is -3.48. The number of methoxy groups -OCH3 is 1. The normalized spacial score (nSPS) is 13.9. The van der Waals surface area contributed by atoms with Gasteiger partial charge in [-0.05, 0) is 17.9 Å². The molecule has 1 aromatic heterocycles. The van der Waals surface area contributed by atoms with Crippen LogP contribution >= 0.6 is 11.3 Å². The Hall–Kier alpha value is -0.470. The van der Waals surface area contributed by atoms with E-state index in [1.807, 2.05) is 0 Å². The molecule has 5 nitrogen and oxygen atoms in total. The third-order valence-electron chi connectivity index (χ3n) is 1.93. The third kappa shape index (κ3) is 3.84. The first-order chi connectivity index (χ1) is 7.60. The molecular weight excluding hydrogens is 250 g/mol. The fourth-order valence-electron chi connectivity index (χ4n) is 1.23. The lowest BCUT2D eigenvalue weighted by Gasteiger charge is -2.15. The van der Waals surface area contributed by atoms with Gasteiger partial charge in [0, 0.05) is 19.8 Å². The second-order valence-corrected chi connectivity index (χ2v) is 6.11. The molecule has 0 radical (unpaired) electrons. The number of aliphatic hydroxyl groups is 1. The molecule has 0 bridgehead atoms. The summed E-state index contributed by atoms with van der Waals surface area (Å²) in [6.07, 6.45) is 0.332. The lowest BCUT2D eigenvalue weighted by molar-refractivity contribution is 0.158. The lowest BCUT2D eigenvalue weighted by atomic mass is 10.2. The van der Waals surface area contributed by atoms with Crippen molar-refractivity contribution in [2.45, 2.75) is 16.7 Å². The maximum Gasteiger partial charge on any atom is 0.250 e. The second-order valence-electron chi connectivity index (χ2n) is 3.22. The summed E-state index contributed by atoms with van der Waals surface area (Å²) in [5, 5.41) is 10.5. The molecule has 0 saturated heterocycles. The van der Waals surface area contributed by atoms with E-state index in [0.29, 0.717) is 6.42 Å². The summed E-state index contributed by atoms with van der Waals surface area (Å²) < 4.78 is 31.3. The molecule has 0 fully saturated rings. The first kappa shape index (κ1) is 13.6. The second kappa shape index (κ2) is 6.31. The van der Waals surface area contributed by atoms with Crippen molar-refractivity contribution in [1.82, 2.24) is 4.72 Å². The number of hydrogen-bond acceptors (Lipinski definition) is 5. The molecule has 0 aliphatic heterocycles. The molecule has 7 heteroatoms. The Balaban J connectivity index is 2.70. The van der Waals surface area contributed by atoms with Crippen LogP contribution in [0.3, 0.4) is 0 Å². The number of ether oxygens (including phenoxy) is 1. The van der Waals surface area contributed by atoms with Crippen molar-refractivity contribution >= 4 is 21.4 Å². The van der Waals surface area contributed by atoms with Gasteiger partial charge in [-0.2, -0.15) is 0 Å². The van der Waals surface area contributed by atoms with Gasteiger partial charge < -0.3 is 9.84 Å². The van der Waals surface area contributed by atoms with Gasteiger partial charge in [0.15, 0.2) is 0 Å². The molecule has 1 aromatic rings. The van der Waals surface area contributed by atoms with Crippen LogP contribution in [0.5, 0.6) is 0 Å². The standard InChI is InChI=1S/C9H15NO4S2/c1-14-7-8(4-5-11)10-16(12,13)9-3-2-6-15-9/h2-3,6,8,10-11H,4-5,7H2,1H3. The molecule has 0 saturated carbocycles. The predicted octanol–water partition coefficient (Wildman–Crippen LogP) is 0.424. The van der Waals surface area contributed by atoms with E-state index in [0.717, 1.165) is 11.3 Å². The molecule has 0 amide bonds. The van der Waals surface area contributed by atoms with E-state index < -0.39 is 16.1 Å².